The second kappa shape index (κ2) is 9.40. The van der Waals surface area contributed by atoms with Gasteiger partial charge in [-0.15, -0.1) is 11.6 Å². The standard InChI is InChI=1S/C23H27ClN6O2S/c1-25-22(31)16-2-4-17(5-3-16)28-6-7-29(20(24)13-28)12-15-10-18-21(26-11-15)30-8-9-33-14-19(30)23(32)27-18/h2-5,10-11,19-20H,6-9,12-14H2,1H3,(H,25,31)(H,27,32)/t19-,20?/m0/s1. The number of thioether (sulfide) groups is 1. The summed E-state index contributed by atoms with van der Waals surface area (Å²) < 4.78 is 0. The molecular formula is C23H27ClN6O2S. The predicted molar refractivity (Wildman–Crippen MR) is 133 cm³/mol. The van der Waals surface area contributed by atoms with Gasteiger partial charge >= 0.3 is 0 Å². The maximum absolute atomic E-state index is 12.5. The Morgan fingerprint density at radius 3 is 2.85 bits per heavy atom. The van der Waals surface area contributed by atoms with Crippen LogP contribution in [-0.4, -0.2) is 78.0 Å². The lowest BCUT2D eigenvalue weighted by molar-refractivity contribution is -0.117. The fourth-order valence-electron chi connectivity index (χ4n) is 4.59. The van der Waals surface area contributed by atoms with E-state index in [9.17, 15) is 9.59 Å². The molecule has 1 aromatic carbocycles. The molecule has 174 valence electrons. The largest absolute Gasteiger partial charge is 0.367 e. The molecule has 8 nitrogen and oxygen atoms in total. The highest BCUT2D eigenvalue weighted by Crippen LogP contribution is 2.34. The van der Waals surface area contributed by atoms with Crippen molar-refractivity contribution in [3.63, 3.8) is 0 Å². The highest BCUT2D eigenvalue weighted by molar-refractivity contribution is 7.99. The number of rotatable bonds is 4. The number of halogens is 1. The van der Waals surface area contributed by atoms with Gasteiger partial charge < -0.3 is 20.4 Å². The maximum atomic E-state index is 12.5. The number of carbonyl (C=O) groups excluding carboxylic acids is 2. The first-order valence-electron chi connectivity index (χ1n) is 11.1. The van der Waals surface area contributed by atoms with E-state index in [2.05, 4.69) is 25.3 Å². The van der Waals surface area contributed by atoms with Crippen molar-refractivity contribution in [2.75, 3.05) is 59.8 Å². The number of hydrogen-bond acceptors (Lipinski definition) is 7. The summed E-state index contributed by atoms with van der Waals surface area (Å²) in [5.74, 6) is 2.66. The molecule has 0 spiro atoms. The van der Waals surface area contributed by atoms with Crippen LogP contribution in [0.25, 0.3) is 0 Å². The minimum absolute atomic E-state index is 0.0555. The summed E-state index contributed by atoms with van der Waals surface area (Å²) in [6, 6.07) is 9.51. The number of aromatic nitrogens is 1. The molecule has 3 aliphatic heterocycles. The molecule has 10 heteroatoms. The minimum atomic E-state index is -0.161. The van der Waals surface area contributed by atoms with Crippen molar-refractivity contribution >= 4 is 52.4 Å². The van der Waals surface area contributed by atoms with Gasteiger partial charge in [-0.25, -0.2) is 4.98 Å². The summed E-state index contributed by atoms with van der Waals surface area (Å²) in [6.45, 7) is 3.85. The molecule has 33 heavy (non-hydrogen) atoms. The van der Waals surface area contributed by atoms with E-state index in [1.54, 1.807) is 7.05 Å². The molecule has 2 amide bonds. The van der Waals surface area contributed by atoms with Gasteiger partial charge in [0.25, 0.3) is 5.91 Å². The van der Waals surface area contributed by atoms with Crippen molar-refractivity contribution in [1.82, 2.24) is 15.2 Å². The van der Waals surface area contributed by atoms with Gasteiger partial charge in [0.05, 0.1) is 5.69 Å². The van der Waals surface area contributed by atoms with Crippen LogP contribution in [0.5, 0.6) is 0 Å². The number of alkyl halides is 1. The lowest BCUT2D eigenvalue weighted by atomic mass is 10.1. The summed E-state index contributed by atoms with van der Waals surface area (Å²) in [7, 11) is 1.63. The molecule has 5 rings (SSSR count). The zero-order chi connectivity index (χ0) is 22.9. The SMILES string of the molecule is CNC(=O)c1ccc(N2CCN(Cc3cnc4c(c3)NC(=O)[C@@H]3CSCCN43)C(Cl)C2)cc1. The van der Waals surface area contributed by atoms with E-state index in [1.807, 2.05) is 48.3 Å². The fraction of sp³-hybridized carbons (Fsp3) is 0.435. The molecule has 2 fully saturated rings. The van der Waals surface area contributed by atoms with E-state index in [1.165, 1.54) is 0 Å². The average molecular weight is 487 g/mol. The van der Waals surface area contributed by atoms with Crippen LogP contribution in [0.4, 0.5) is 17.2 Å². The quantitative estimate of drug-likeness (QED) is 0.506. The van der Waals surface area contributed by atoms with E-state index in [0.29, 0.717) is 18.7 Å². The third-order valence-corrected chi connectivity index (χ3v) is 7.85. The highest BCUT2D eigenvalue weighted by atomic mass is 35.5. The Hall–Kier alpha value is -2.49. The van der Waals surface area contributed by atoms with Crippen LogP contribution in [0.3, 0.4) is 0 Å². The van der Waals surface area contributed by atoms with Crippen LogP contribution in [0, 0.1) is 0 Å². The van der Waals surface area contributed by atoms with Crippen LogP contribution in [0.15, 0.2) is 36.5 Å². The van der Waals surface area contributed by atoms with Gasteiger partial charge in [0.1, 0.15) is 11.5 Å². The summed E-state index contributed by atoms with van der Waals surface area (Å²) in [5, 5.41) is 5.69. The van der Waals surface area contributed by atoms with Crippen LogP contribution in [0.2, 0.25) is 0 Å². The Bertz CT molecular complexity index is 1050. The Kier molecular flexibility index (Phi) is 6.36. The zero-order valence-corrected chi connectivity index (χ0v) is 20.0. The van der Waals surface area contributed by atoms with Crippen LogP contribution in [-0.2, 0) is 11.3 Å². The second-order valence-electron chi connectivity index (χ2n) is 8.47. The number of hydrogen-bond donors (Lipinski definition) is 2. The smallest absolute Gasteiger partial charge is 0.251 e. The third-order valence-electron chi connectivity index (χ3n) is 6.42. The molecule has 2 N–H and O–H groups in total. The molecule has 2 atom stereocenters. The molecule has 0 bridgehead atoms. The number of nitrogens with one attached hydrogen (secondary N) is 2. The van der Waals surface area contributed by atoms with E-state index < -0.39 is 0 Å². The highest BCUT2D eigenvalue weighted by Gasteiger charge is 2.36. The first-order valence-corrected chi connectivity index (χ1v) is 12.7. The Morgan fingerprint density at radius 1 is 1.27 bits per heavy atom. The van der Waals surface area contributed by atoms with E-state index in [-0.39, 0.29) is 23.4 Å². The normalized spacial score (nSPS) is 22.9. The molecule has 0 aliphatic carbocycles. The monoisotopic (exact) mass is 486 g/mol. The maximum Gasteiger partial charge on any atom is 0.251 e. The van der Waals surface area contributed by atoms with Crippen molar-refractivity contribution in [2.24, 2.45) is 0 Å². The number of carbonyl (C=O) groups is 2. The molecule has 0 saturated carbocycles. The number of benzene rings is 1. The zero-order valence-electron chi connectivity index (χ0n) is 18.5. The summed E-state index contributed by atoms with van der Waals surface area (Å²) >= 11 is 8.57. The van der Waals surface area contributed by atoms with E-state index in [0.717, 1.165) is 53.9 Å². The first kappa shape index (κ1) is 22.3. The van der Waals surface area contributed by atoms with Crippen LogP contribution < -0.4 is 20.4 Å². The van der Waals surface area contributed by atoms with Crippen molar-refractivity contribution in [3.05, 3.63) is 47.7 Å². The van der Waals surface area contributed by atoms with E-state index in [4.69, 9.17) is 16.6 Å². The van der Waals surface area contributed by atoms with Gasteiger partial charge in [-0.2, -0.15) is 11.8 Å². The van der Waals surface area contributed by atoms with Crippen molar-refractivity contribution < 1.29 is 9.59 Å². The second-order valence-corrected chi connectivity index (χ2v) is 10.1. The summed E-state index contributed by atoms with van der Waals surface area (Å²) in [5.41, 5.74) is 3.37. The number of pyridine rings is 1. The topological polar surface area (TPSA) is 80.8 Å². The molecule has 4 heterocycles. The van der Waals surface area contributed by atoms with Crippen molar-refractivity contribution in [1.29, 1.82) is 0 Å². The van der Waals surface area contributed by atoms with Gasteiger partial charge in [0.15, 0.2) is 5.82 Å². The Morgan fingerprint density at radius 2 is 2.09 bits per heavy atom. The number of nitrogens with zero attached hydrogens (tertiary/aromatic N) is 4. The molecule has 2 aromatic rings. The van der Waals surface area contributed by atoms with Crippen LogP contribution in [0.1, 0.15) is 15.9 Å². The molecular weight excluding hydrogens is 460 g/mol. The molecule has 2 saturated heterocycles. The van der Waals surface area contributed by atoms with Crippen molar-refractivity contribution in [3.8, 4) is 0 Å². The molecule has 3 aliphatic rings. The minimum Gasteiger partial charge on any atom is -0.367 e. The van der Waals surface area contributed by atoms with Gasteiger partial charge in [-0.05, 0) is 35.9 Å². The number of piperazine rings is 1. The molecule has 0 radical (unpaired) electrons. The Balaban J connectivity index is 1.24. The summed E-state index contributed by atoms with van der Waals surface area (Å²) in [6.07, 6.45) is 1.91. The molecule has 1 unspecified atom stereocenters. The van der Waals surface area contributed by atoms with Gasteiger partial charge in [0.2, 0.25) is 5.91 Å². The lowest BCUT2D eigenvalue weighted by Crippen LogP contribution is -2.53. The third kappa shape index (κ3) is 4.49. The summed E-state index contributed by atoms with van der Waals surface area (Å²) in [4.78, 5) is 35.6. The number of anilines is 3. The number of fused-ring (bicyclic) bond motifs is 3. The lowest BCUT2D eigenvalue weighted by Gasteiger charge is -2.41. The van der Waals surface area contributed by atoms with Gasteiger partial charge in [-0.3, -0.25) is 14.5 Å². The van der Waals surface area contributed by atoms with E-state index >= 15 is 0 Å². The van der Waals surface area contributed by atoms with Gasteiger partial charge in [-0.1, -0.05) is 0 Å². The predicted octanol–water partition coefficient (Wildman–Crippen LogP) is 2.20. The Labute approximate surface area is 202 Å². The first-order chi connectivity index (χ1) is 16.0. The fourth-order valence-corrected chi connectivity index (χ4v) is 5.97. The molecule has 1 aromatic heterocycles. The van der Waals surface area contributed by atoms with Crippen molar-refractivity contribution in [2.45, 2.75) is 18.1 Å². The van der Waals surface area contributed by atoms with Crippen LogP contribution >= 0.6 is 23.4 Å². The average Bonchev–Trinajstić information content (AvgIpc) is 2.85. The van der Waals surface area contributed by atoms with Gasteiger partial charge in [0, 0.05) is 68.7 Å². The number of amides is 2.